The van der Waals surface area contributed by atoms with Crippen LogP contribution in [0.4, 0.5) is 0 Å². The average Bonchev–Trinajstić information content (AvgIpc) is 2.89. The summed E-state index contributed by atoms with van der Waals surface area (Å²) >= 11 is 0. The molecule has 0 aliphatic carbocycles. The van der Waals surface area contributed by atoms with Crippen molar-refractivity contribution < 1.29 is 4.57 Å². The van der Waals surface area contributed by atoms with Crippen LogP contribution in [-0.2, 0) is 19.4 Å². The van der Waals surface area contributed by atoms with Crippen LogP contribution < -0.4 is 4.57 Å². The van der Waals surface area contributed by atoms with Gasteiger partial charge >= 0.3 is 0 Å². The number of para-hydroxylation sites is 1. The highest BCUT2D eigenvalue weighted by Gasteiger charge is 2.06. The standard InChI is InChI=1S/C17H19N2/c1-2-14-7-10-19(11-8-14)12-9-15-13-18-17-6-4-3-5-16(15)17/h3-8,10-11,13,18H,2,9,12H2,1H3/q+1. The predicted molar refractivity (Wildman–Crippen MR) is 78.0 cm³/mol. The monoisotopic (exact) mass is 251 g/mol. The quantitative estimate of drug-likeness (QED) is 0.687. The summed E-state index contributed by atoms with van der Waals surface area (Å²) in [5, 5.41) is 1.34. The van der Waals surface area contributed by atoms with Crippen LogP contribution in [0.3, 0.4) is 0 Å². The van der Waals surface area contributed by atoms with Gasteiger partial charge in [0.25, 0.3) is 0 Å². The number of nitrogens with one attached hydrogen (secondary N) is 1. The maximum absolute atomic E-state index is 3.33. The van der Waals surface area contributed by atoms with E-state index < -0.39 is 0 Å². The first kappa shape index (κ1) is 12.0. The van der Waals surface area contributed by atoms with Crippen LogP contribution in [0.2, 0.25) is 0 Å². The summed E-state index contributed by atoms with van der Waals surface area (Å²) in [5.41, 5.74) is 4.01. The van der Waals surface area contributed by atoms with Gasteiger partial charge in [-0.05, 0) is 23.6 Å². The van der Waals surface area contributed by atoms with Crippen molar-refractivity contribution in [2.75, 3.05) is 0 Å². The summed E-state index contributed by atoms with van der Waals surface area (Å²) in [6.07, 6.45) is 8.64. The fourth-order valence-electron chi connectivity index (χ4n) is 2.46. The third-order valence-corrected chi connectivity index (χ3v) is 3.68. The van der Waals surface area contributed by atoms with E-state index in [9.17, 15) is 0 Å². The third kappa shape index (κ3) is 2.53. The lowest BCUT2D eigenvalue weighted by Crippen LogP contribution is -2.33. The Balaban J connectivity index is 1.74. The van der Waals surface area contributed by atoms with Crippen molar-refractivity contribution in [1.29, 1.82) is 0 Å². The Morgan fingerprint density at radius 2 is 1.84 bits per heavy atom. The smallest absolute Gasteiger partial charge is 0.169 e. The van der Waals surface area contributed by atoms with Crippen LogP contribution in [0.25, 0.3) is 10.9 Å². The minimum absolute atomic E-state index is 1.02. The molecule has 0 radical (unpaired) electrons. The maximum atomic E-state index is 3.33. The van der Waals surface area contributed by atoms with E-state index >= 15 is 0 Å². The van der Waals surface area contributed by atoms with Gasteiger partial charge in [0.2, 0.25) is 0 Å². The molecule has 2 heteroatoms. The number of benzene rings is 1. The Morgan fingerprint density at radius 3 is 2.63 bits per heavy atom. The molecule has 0 saturated carbocycles. The molecule has 2 aromatic heterocycles. The Morgan fingerprint density at radius 1 is 1.05 bits per heavy atom. The Bertz CT molecular complexity index is 665. The molecule has 0 saturated heterocycles. The third-order valence-electron chi connectivity index (χ3n) is 3.68. The van der Waals surface area contributed by atoms with Gasteiger partial charge in [-0.3, -0.25) is 0 Å². The molecular weight excluding hydrogens is 232 g/mol. The summed E-state index contributed by atoms with van der Waals surface area (Å²) in [4.78, 5) is 3.33. The Kier molecular flexibility index (Phi) is 3.32. The molecule has 3 rings (SSSR count). The Labute approximate surface area is 113 Å². The first-order valence-corrected chi connectivity index (χ1v) is 6.90. The lowest BCUT2D eigenvalue weighted by Gasteiger charge is -1.99. The van der Waals surface area contributed by atoms with Crippen molar-refractivity contribution in [3.63, 3.8) is 0 Å². The van der Waals surface area contributed by atoms with E-state index in [2.05, 4.69) is 71.5 Å². The molecule has 0 unspecified atom stereocenters. The highest BCUT2D eigenvalue weighted by molar-refractivity contribution is 5.82. The topological polar surface area (TPSA) is 19.7 Å². The molecule has 1 N–H and O–H groups in total. The molecule has 0 spiro atoms. The number of fused-ring (bicyclic) bond motifs is 1. The molecule has 3 aromatic rings. The van der Waals surface area contributed by atoms with Gasteiger partial charge in [-0.25, -0.2) is 4.57 Å². The van der Waals surface area contributed by atoms with Crippen LogP contribution >= 0.6 is 0 Å². The van der Waals surface area contributed by atoms with Crippen LogP contribution in [0.1, 0.15) is 18.1 Å². The second-order valence-electron chi connectivity index (χ2n) is 4.91. The average molecular weight is 251 g/mol. The first-order chi connectivity index (χ1) is 9.36. The van der Waals surface area contributed by atoms with Gasteiger partial charge in [0.15, 0.2) is 18.9 Å². The van der Waals surface area contributed by atoms with E-state index in [1.54, 1.807) is 0 Å². The molecule has 96 valence electrons. The van der Waals surface area contributed by atoms with E-state index in [1.807, 2.05) is 0 Å². The fourth-order valence-corrected chi connectivity index (χ4v) is 2.46. The lowest BCUT2D eigenvalue weighted by molar-refractivity contribution is -0.696. The van der Waals surface area contributed by atoms with Gasteiger partial charge < -0.3 is 4.98 Å². The van der Waals surface area contributed by atoms with Crippen LogP contribution in [0, 0.1) is 0 Å². The number of rotatable bonds is 4. The summed E-state index contributed by atoms with van der Waals surface area (Å²) in [5.74, 6) is 0. The van der Waals surface area contributed by atoms with Gasteiger partial charge in [-0.2, -0.15) is 0 Å². The normalized spacial score (nSPS) is 11.0. The van der Waals surface area contributed by atoms with Crippen LogP contribution in [0.15, 0.2) is 55.0 Å². The van der Waals surface area contributed by atoms with E-state index in [-0.39, 0.29) is 0 Å². The molecular formula is C17H19N2+. The molecule has 0 aliphatic rings. The number of pyridine rings is 1. The summed E-state index contributed by atoms with van der Waals surface area (Å²) in [6, 6.07) is 12.9. The molecule has 2 heterocycles. The number of aromatic amines is 1. The van der Waals surface area contributed by atoms with E-state index in [0.717, 1.165) is 19.4 Å². The number of hydrogen-bond donors (Lipinski definition) is 1. The number of nitrogens with zero attached hydrogens (tertiary/aromatic N) is 1. The molecule has 0 atom stereocenters. The molecule has 19 heavy (non-hydrogen) atoms. The minimum Gasteiger partial charge on any atom is -0.361 e. The minimum atomic E-state index is 1.02. The SMILES string of the molecule is CCc1cc[n+](CCc2c[nH]c3ccccc23)cc1. The molecule has 0 aliphatic heterocycles. The van der Waals surface area contributed by atoms with Crippen LogP contribution in [-0.4, -0.2) is 4.98 Å². The predicted octanol–water partition coefficient (Wildman–Crippen LogP) is 3.26. The molecule has 2 nitrogen and oxygen atoms in total. The second-order valence-corrected chi connectivity index (χ2v) is 4.91. The zero-order chi connectivity index (χ0) is 13.1. The van der Waals surface area contributed by atoms with Crippen molar-refractivity contribution in [2.45, 2.75) is 26.3 Å². The van der Waals surface area contributed by atoms with Crippen molar-refractivity contribution in [2.24, 2.45) is 0 Å². The fraction of sp³-hybridized carbons (Fsp3) is 0.235. The number of aromatic nitrogens is 2. The molecule has 0 bridgehead atoms. The van der Waals surface area contributed by atoms with Gasteiger partial charge in [0.1, 0.15) is 0 Å². The molecule has 0 amide bonds. The van der Waals surface area contributed by atoms with Crippen molar-refractivity contribution >= 4 is 10.9 Å². The summed E-state index contributed by atoms with van der Waals surface area (Å²) < 4.78 is 2.25. The lowest BCUT2D eigenvalue weighted by atomic mass is 10.1. The first-order valence-electron chi connectivity index (χ1n) is 6.90. The van der Waals surface area contributed by atoms with Crippen molar-refractivity contribution in [3.05, 3.63) is 66.1 Å². The summed E-state index contributed by atoms with van der Waals surface area (Å²) in [6.45, 7) is 3.21. The van der Waals surface area contributed by atoms with Crippen LogP contribution in [0.5, 0.6) is 0 Å². The largest absolute Gasteiger partial charge is 0.361 e. The highest BCUT2D eigenvalue weighted by atomic mass is 14.9. The van der Waals surface area contributed by atoms with Gasteiger partial charge in [-0.1, -0.05) is 25.1 Å². The van der Waals surface area contributed by atoms with Gasteiger partial charge in [0.05, 0.1) is 0 Å². The number of H-pyrrole nitrogens is 1. The van der Waals surface area contributed by atoms with Gasteiger partial charge in [-0.15, -0.1) is 0 Å². The van der Waals surface area contributed by atoms with E-state index in [1.165, 1.54) is 22.0 Å². The molecule has 0 fully saturated rings. The van der Waals surface area contributed by atoms with Crippen molar-refractivity contribution in [3.8, 4) is 0 Å². The zero-order valence-corrected chi connectivity index (χ0v) is 11.3. The van der Waals surface area contributed by atoms with E-state index in [0.29, 0.717) is 0 Å². The second kappa shape index (κ2) is 5.27. The maximum Gasteiger partial charge on any atom is 0.169 e. The van der Waals surface area contributed by atoms with E-state index in [4.69, 9.17) is 0 Å². The Hall–Kier alpha value is -2.09. The zero-order valence-electron chi connectivity index (χ0n) is 11.3. The molecule has 1 aromatic carbocycles. The van der Waals surface area contributed by atoms with Gasteiger partial charge in [0, 0.05) is 35.7 Å². The number of hydrogen-bond acceptors (Lipinski definition) is 0. The number of aryl methyl sites for hydroxylation is 3. The van der Waals surface area contributed by atoms with Crippen molar-refractivity contribution in [1.82, 2.24) is 4.98 Å². The summed E-state index contributed by atoms with van der Waals surface area (Å²) in [7, 11) is 0. The highest BCUT2D eigenvalue weighted by Crippen LogP contribution is 2.17.